The molecule has 4 aromatic rings. The minimum absolute atomic E-state index is 0.0891. The SMILES string of the molecule is CCOc1ccc(-n2c(SCC(=O)NN=C(CC)c3ccc(O)cc3)nnc2-c2ccc(Cl)cc2)cc1. The quantitative estimate of drug-likeness (QED) is 0.153. The molecule has 0 spiro atoms. The molecule has 0 aliphatic heterocycles. The highest BCUT2D eigenvalue weighted by Gasteiger charge is 2.18. The number of aromatic nitrogens is 3. The van der Waals surface area contributed by atoms with Gasteiger partial charge in [0.25, 0.3) is 5.91 Å². The smallest absolute Gasteiger partial charge is 0.250 e. The van der Waals surface area contributed by atoms with Crippen molar-refractivity contribution in [3.05, 3.63) is 83.4 Å². The van der Waals surface area contributed by atoms with Gasteiger partial charge in [0.05, 0.1) is 18.1 Å². The molecule has 4 rings (SSSR count). The molecule has 0 saturated carbocycles. The third kappa shape index (κ3) is 6.69. The Balaban J connectivity index is 1.54. The van der Waals surface area contributed by atoms with Crippen LogP contribution in [0.15, 0.2) is 83.1 Å². The van der Waals surface area contributed by atoms with Crippen LogP contribution in [0.25, 0.3) is 17.1 Å². The normalized spacial score (nSPS) is 11.4. The molecule has 1 heterocycles. The maximum Gasteiger partial charge on any atom is 0.250 e. The Morgan fingerprint density at radius 2 is 1.73 bits per heavy atom. The molecule has 2 N–H and O–H groups in total. The van der Waals surface area contributed by atoms with E-state index in [1.54, 1.807) is 36.4 Å². The fourth-order valence-electron chi connectivity index (χ4n) is 3.53. The van der Waals surface area contributed by atoms with E-state index in [0.717, 1.165) is 22.6 Å². The lowest BCUT2D eigenvalue weighted by Crippen LogP contribution is -2.22. The van der Waals surface area contributed by atoms with Crippen LogP contribution in [0.4, 0.5) is 0 Å². The fourth-order valence-corrected chi connectivity index (χ4v) is 4.40. The Kier molecular flexibility index (Phi) is 8.81. The predicted octanol–water partition coefficient (Wildman–Crippen LogP) is 5.71. The lowest BCUT2D eigenvalue weighted by atomic mass is 10.1. The first-order valence-electron chi connectivity index (χ1n) is 11.7. The van der Waals surface area contributed by atoms with E-state index in [-0.39, 0.29) is 17.4 Å². The Labute approximate surface area is 224 Å². The second-order valence-corrected chi connectivity index (χ2v) is 9.24. The molecular formula is C27H26ClN5O3S. The van der Waals surface area contributed by atoms with E-state index in [1.807, 2.05) is 54.8 Å². The number of hydrazone groups is 1. The maximum atomic E-state index is 12.6. The van der Waals surface area contributed by atoms with E-state index in [0.29, 0.717) is 34.7 Å². The number of halogens is 1. The van der Waals surface area contributed by atoms with E-state index in [9.17, 15) is 9.90 Å². The van der Waals surface area contributed by atoms with Crippen molar-refractivity contribution in [3.63, 3.8) is 0 Å². The highest BCUT2D eigenvalue weighted by molar-refractivity contribution is 7.99. The monoisotopic (exact) mass is 535 g/mol. The van der Waals surface area contributed by atoms with Gasteiger partial charge in [0.1, 0.15) is 11.5 Å². The average Bonchev–Trinajstić information content (AvgIpc) is 3.34. The van der Waals surface area contributed by atoms with Crippen LogP contribution in [0.3, 0.4) is 0 Å². The van der Waals surface area contributed by atoms with Gasteiger partial charge in [-0.2, -0.15) is 5.10 Å². The molecule has 0 saturated heterocycles. The van der Waals surface area contributed by atoms with Gasteiger partial charge in [-0.1, -0.05) is 30.3 Å². The molecule has 3 aromatic carbocycles. The molecule has 0 atom stereocenters. The van der Waals surface area contributed by atoms with Crippen LogP contribution < -0.4 is 10.2 Å². The number of ether oxygens (including phenoxy) is 1. The Hall–Kier alpha value is -3.82. The van der Waals surface area contributed by atoms with E-state index in [4.69, 9.17) is 16.3 Å². The summed E-state index contributed by atoms with van der Waals surface area (Å²) in [5.41, 5.74) is 5.83. The van der Waals surface area contributed by atoms with Crippen molar-refractivity contribution in [2.75, 3.05) is 12.4 Å². The second kappa shape index (κ2) is 12.4. The highest BCUT2D eigenvalue weighted by Crippen LogP contribution is 2.29. The summed E-state index contributed by atoms with van der Waals surface area (Å²) in [6, 6.07) is 21.7. The number of hydrogen-bond donors (Lipinski definition) is 2. The molecule has 10 heteroatoms. The molecule has 0 unspecified atom stereocenters. The van der Waals surface area contributed by atoms with Gasteiger partial charge in [-0.15, -0.1) is 10.2 Å². The van der Waals surface area contributed by atoms with Crippen molar-refractivity contribution >= 4 is 35.0 Å². The van der Waals surface area contributed by atoms with Gasteiger partial charge < -0.3 is 9.84 Å². The minimum atomic E-state index is -0.274. The first kappa shape index (κ1) is 26.2. The molecule has 0 fully saturated rings. The number of phenolic OH excluding ortho intramolecular Hbond substituents is 1. The zero-order chi connectivity index (χ0) is 26.2. The summed E-state index contributed by atoms with van der Waals surface area (Å²) in [4.78, 5) is 12.6. The van der Waals surface area contributed by atoms with Crippen LogP contribution in [-0.2, 0) is 4.79 Å². The molecule has 0 aliphatic rings. The molecule has 0 radical (unpaired) electrons. The average molecular weight is 536 g/mol. The zero-order valence-corrected chi connectivity index (χ0v) is 22.0. The van der Waals surface area contributed by atoms with Crippen LogP contribution >= 0.6 is 23.4 Å². The Bertz CT molecular complexity index is 1370. The first-order chi connectivity index (χ1) is 18.0. The van der Waals surface area contributed by atoms with Gasteiger partial charge in [-0.3, -0.25) is 9.36 Å². The Morgan fingerprint density at radius 1 is 1.03 bits per heavy atom. The second-order valence-electron chi connectivity index (χ2n) is 7.86. The number of rotatable bonds is 10. The van der Waals surface area contributed by atoms with E-state index < -0.39 is 0 Å². The van der Waals surface area contributed by atoms with Gasteiger partial charge in [-0.25, -0.2) is 5.43 Å². The minimum Gasteiger partial charge on any atom is -0.508 e. The predicted molar refractivity (Wildman–Crippen MR) is 147 cm³/mol. The van der Waals surface area contributed by atoms with Crippen LogP contribution in [0.2, 0.25) is 5.02 Å². The third-order valence-corrected chi connectivity index (χ3v) is 6.51. The standard InChI is InChI=1S/C27H26ClN5O3S/c1-3-24(18-7-13-22(34)14-8-18)29-30-25(35)17-37-27-32-31-26(19-5-9-20(28)10-6-19)33(27)21-11-15-23(16-12-21)36-4-2/h5-16,34H,3-4,17H2,1-2H3,(H,30,35). The highest BCUT2D eigenvalue weighted by atomic mass is 35.5. The summed E-state index contributed by atoms with van der Waals surface area (Å²) in [5, 5.41) is 23.7. The van der Waals surface area contributed by atoms with E-state index >= 15 is 0 Å². The number of amides is 1. The van der Waals surface area contributed by atoms with Crippen molar-refractivity contribution in [1.29, 1.82) is 0 Å². The molecule has 8 nitrogen and oxygen atoms in total. The molecule has 1 aromatic heterocycles. The zero-order valence-electron chi connectivity index (χ0n) is 20.4. The summed E-state index contributed by atoms with van der Waals surface area (Å²) in [6.07, 6.45) is 0.620. The number of benzene rings is 3. The largest absolute Gasteiger partial charge is 0.508 e. The fraction of sp³-hybridized carbons (Fsp3) is 0.185. The summed E-state index contributed by atoms with van der Waals surface area (Å²) < 4.78 is 7.47. The Morgan fingerprint density at radius 3 is 2.38 bits per heavy atom. The van der Waals surface area contributed by atoms with Gasteiger partial charge >= 0.3 is 0 Å². The summed E-state index contributed by atoms with van der Waals surface area (Å²) >= 11 is 7.33. The summed E-state index contributed by atoms with van der Waals surface area (Å²) in [6.45, 7) is 4.46. The van der Waals surface area contributed by atoms with Crippen molar-refractivity contribution in [2.24, 2.45) is 5.10 Å². The summed E-state index contributed by atoms with van der Waals surface area (Å²) in [5.74, 6) is 1.38. The molecule has 0 bridgehead atoms. The van der Waals surface area contributed by atoms with Crippen molar-refractivity contribution in [1.82, 2.24) is 20.2 Å². The number of carbonyl (C=O) groups is 1. The molecule has 1 amide bonds. The number of thioether (sulfide) groups is 1. The number of hydrogen-bond acceptors (Lipinski definition) is 7. The van der Waals surface area contributed by atoms with Crippen molar-refractivity contribution in [3.8, 4) is 28.6 Å². The topological polar surface area (TPSA) is 102 Å². The molecular weight excluding hydrogens is 510 g/mol. The van der Waals surface area contributed by atoms with Gasteiger partial charge in [0.15, 0.2) is 11.0 Å². The number of nitrogens with one attached hydrogen (secondary N) is 1. The van der Waals surface area contributed by atoms with Crippen LogP contribution in [-0.4, -0.2) is 43.8 Å². The number of nitrogens with zero attached hydrogens (tertiary/aromatic N) is 4. The molecule has 0 aliphatic carbocycles. The van der Waals surface area contributed by atoms with Gasteiger partial charge in [-0.05, 0) is 91.7 Å². The van der Waals surface area contributed by atoms with Crippen LogP contribution in [0, 0.1) is 0 Å². The lowest BCUT2D eigenvalue weighted by Gasteiger charge is -2.11. The molecule has 37 heavy (non-hydrogen) atoms. The first-order valence-corrected chi connectivity index (χ1v) is 13.1. The number of aromatic hydroxyl groups is 1. The molecule has 190 valence electrons. The maximum absolute atomic E-state index is 12.6. The third-order valence-electron chi connectivity index (χ3n) is 5.33. The lowest BCUT2D eigenvalue weighted by molar-refractivity contribution is -0.118. The van der Waals surface area contributed by atoms with E-state index in [2.05, 4.69) is 20.7 Å². The van der Waals surface area contributed by atoms with E-state index in [1.165, 1.54) is 11.8 Å². The number of carbonyl (C=O) groups excluding carboxylic acids is 1. The number of phenols is 1. The van der Waals surface area contributed by atoms with Crippen molar-refractivity contribution < 1.29 is 14.6 Å². The summed E-state index contributed by atoms with van der Waals surface area (Å²) in [7, 11) is 0. The van der Waals surface area contributed by atoms with Crippen molar-refractivity contribution in [2.45, 2.75) is 25.4 Å². The van der Waals surface area contributed by atoms with Crippen LogP contribution in [0.5, 0.6) is 11.5 Å². The van der Waals surface area contributed by atoms with Gasteiger partial charge in [0.2, 0.25) is 0 Å². The van der Waals surface area contributed by atoms with Crippen LogP contribution in [0.1, 0.15) is 25.8 Å². The van der Waals surface area contributed by atoms with Gasteiger partial charge in [0, 0.05) is 16.3 Å².